The Labute approximate surface area is 127 Å². The van der Waals surface area contributed by atoms with Crippen LogP contribution >= 0.6 is 31.9 Å². The van der Waals surface area contributed by atoms with E-state index >= 15 is 0 Å². The highest BCUT2D eigenvalue weighted by Gasteiger charge is 2.10. The molecule has 1 rings (SSSR count). The summed E-state index contributed by atoms with van der Waals surface area (Å²) >= 11 is 7.12. The van der Waals surface area contributed by atoms with Crippen LogP contribution in [-0.2, 0) is 6.42 Å². The summed E-state index contributed by atoms with van der Waals surface area (Å²) in [5.41, 5.74) is 6.78. The molecule has 4 heteroatoms. The lowest BCUT2D eigenvalue weighted by molar-refractivity contribution is 0.249. The lowest BCUT2D eigenvalue weighted by Crippen LogP contribution is -2.09. The van der Waals surface area contributed by atoms with E-state index < -0.39 is 0 Å². The molecule has 0 aliphatic rings. The van der Waals surface area contributed by atoms with Crippen LogP contribution in [0.1, 0.15) is 32.3 Å². The molecule has 18 heavy (non-hydrogen) atoms. The molecule has 1 aromatic carbocycles. The van der Waals surface area contributed by atoms with Crippen LogP contribution in [0, 0.1) is 5.92 Å². The number of halogens is 2. The fourth-order valence-electron chi connectivity index (χ4n) is 1.86. The number of benzene rings is 1. The number of ether oxygens (including phenoxy) is 1. The molecule has 0 bridgehead atoms. The molecule has 0 spiro atoms. The topological polar surface area (TPSA) is 35.2 Å². The monoisotopic (exact) mass is 377 g/mol. The molecule has 0 fully saturated rings. The van der Waals surface area contributed by atoms with Crippen LogP contribution in [-0.4, -0.2) is 13.2 Å². The van der Waals surface area contributed by atoms with Crippen molar-refractivity contribution < 1.29 is 4.74 Å². The Morgan fingerprint density at radius 3 is 2.39 bits per heavy atom. The second-order valence-electron chi connectivity index (χ2n) is 4.63. The van der Waals surface area contributed by atoms with Gasteiger partial charge in [0.15, 0.2) is 0 Å². The molecule has 0 aliphatic heterocycles. The third kappa shape index (κ3) is 4.90. The van der Waals surface area contributed by atoms with Gasteiger partial charge in [0.2, 0.25) is 0 Å². The average Bonchev–Trinajstić information content (AvgIpc) is 2.28. The van der Waals surface area contributed by atoms with Crippen LogP contribution < -0.4 is 10.5 Å². The van der Waals surface area contributed by atoms with E-state index in [2.05, 4.69) is 57.8 Å². The minimum absolute atomic E-state index is 0.581. The van der Waals surface area contributed by atoms with E-state index in [-0.39, 0.29) is 0 Å². The van der Waals surface area contributed by atoms with Gasteiger partial charge < -0.3 is 10.5 Å². The first-order valence-electron chi connectivity index (χ1n) is 6.39. The molecule has 0 heterocycles. The van der Waals surface area contributed by atoms with E-state index in [1.165, 1.54) is 18.4 Å². The fourth-order valence-corrected chi connectivity index (χ4v) is 3.37. The summed E-state index contributed by atoms with van der Waals surface area (Å²) in [7, 11) is 0. The van der Waals surface area contributed by atoms with E-state index in [0.717, 1.165) is 27.7 Å². The number of hydrogen-bond donors (Lipinski definition) is 1. The van der Waals surface area contributed by atoms with Gasteiger partial charge in [0.1, 0.15) is 5.75 Å². The van der Waals surface area contributed by atoms with Crippen LogP contribution in [0.4, 0.5) is 0 Å². The third-order valence-electron chi connectivity index (χ3n) is 2.78. The van der Waals surface area contributed by atoms with Crippen LogP contribution in [0.25, 0.3) is 0 Å². The summed E-state index contributed by atoms with van der Waals surface area (Å²) in [6.07, 6.45) is 3.27. The maximum atomic E-state index is 5.89. The van der Waals surface area contributed by atoms with Crippen LogP contribution in [0.2, 0.25) is 0 Å². The van der Waals surface area contributed by atoms with Crippen molar-refractivity contribution in [3.63, 3.8) is 0 Å². The normalized spacial score (nSPS) is 12.5. The van der Waals surface area contributed by atoms with Gasteiger partial charge in [0, 0.05) is 0 Å². The van der Waals surface area contributed by atoms with Crippen LogP contribution in [0.3, 0.4) is 0 Å². The zero-order valence-electron chi connectivity index (χ0n) is 11.0. The first-order chi connectivity index (χ1) is 8.58. The zero-order valence-corrected chi connectivity index (χ0v) is 14.2. The predicted molar refractivity (Wildman–Crippen MR) is 84.2 cm³/mol. The Bertz CT molecular complexity index is 359. The first kappa shape index (κ1) is 16.0. The standard InChI is InChI=1S/C14H21Br2NO/c1-3-4-10(2)9-18-14-12(15)7-11(5-6-17)8-13(14)16/h7-8,10H,3-6,9,17H2,1-2H3. The Balaban J connectivity index is 2.71. The van der Waals surface area contributed by atoms with Crippen LogP contribution in [0.5, 0.6) is 5.75 Å². The molecule has 102 valence electrons. The summed E-state index contributed by atoms with van der Waals surface area (Å²) in [5.74, 6) is 1.47. The zero-order chi connectivity index (χ0) is 13.5. The molecule has 1 aromatic rings. The lowest BCUT2D eigenvalue weighted by atomic mass is 10.1. The molecule has 0 saturated heterocycles. The molecule has 0 aliphatic carbocycles. The van der Waals surface area contributed by atoms with Gasteiger partial charge in [-0.15, -0.1) is 0 Å². The van der Waals surface area contributed by atoms with Gasteiger partial charge in [-0.3, -0.25) is 0 Å². The largest absolute Gasteiger partial charge is 0.491 e. The molecule has 1 unspecified atom stereocenters. The van der Waals surface area contributed by atoms with Crippen molar-refractivity contribution >= 4 is 31.9 Å². The Hall–Kier alpha value is -0.0600. The maximum Gasteiger partial charge on any atom is 0.147 e. The van der Waals surface area contributed by atoms with Gasteiger partial charge in [0.25, 0.3) is 0 Å². The van der Waals surface area contributed by atoms with E-state index in [0.29, 0.717) is 12.5 Å². The second-order valence-corrected chi connectivity index (χ2v) is 6.34. The van der Waals surface area contributed by atoms with Crippen molar-refractivity contribution in [2.45, 2.75) is 33.1 Å². The van der Waals surface area contributed by atoms with E-state index in [1.54, 1.807) is 0 Å². The molecule has 0 aromatic heterocycles. The highest BCUT2D eigenvalue weighted by Crippen LogP contribution is 2.35. The number of nitrogens with two attached hydrogens (primary N) is 1. The molecular formula is C14H21Br2NO. The second kappa shape index (κ2) is 8.18. The van der Waals surface area contributed by atoms with Crippen molar-refractivity contribution in [3.05, 3.63) is 26.6 Å². The summed E-state index contributed by atoms with van der Waals surface area (Å²) in [4.78, 5) is 0. The SMILES string of the molecule is CCCC(C)COc1c(Br)cc(CCN)cc1Br. The Kier molecular flexibility index (Phi) is 7.27. The van der Waals surface area contributed by atoms with E-state index in [1.807, 2.05) is 0 Å². The van der Waals surface area contributed by atoms with Gasteiger partial charge in [-0.2, -0.15) is 0 Å². The molecular weight excluding hydrogens is 358 g/mol. The molecule has 0 amide bonds. The summed E-state index contributed by atoms with van der Waals surface area (Å²) in [5, 5.41) is 0. The molecule has 2 N–H and O–H groups in total. The minimum atomic E-state index is 0.581. The first-order valence-corrected chi connectivity index (χ1v) is 7.97. The van der Waals surface area contributed by atoms with Gasteiger partial charge in [-0.1, -0.05) is 20.3 Å². The predicted octanol–water partition coefficient (Wildman–Crippen LogP) is 4.53. The van der Waals surface area contributed by atoms with Gasteiger partial charge in [-0.25, -0.2) is 0 Å². The van der Waals surface area contributed by atoms with Crippen LogP contribution in [0.15, 0.2) is 21.1 Å². The molecule has 0 radical (unpaired) electrons. The third-order valence-corrected chi connectivity index (χ3v) is 3.96. The van der Waals surface area contributed by atoms with Crippen molar-refractivity contribution in [2.24, 2.45) is 11.7 Å². The molecule has 2 nitrogen and oxygen atoms in total. The summed E-state index contributed by atoms with van der Waals surface area (Å²) in [6, 6.07) is 4.16. The van der Waals surface area contributed by atoms with Crippen molar-refractivity contribution in [1.82, 2.24) is 0 Å². The van der Waals surface area contributed by atoms with Gasteiger partial charge in [-0.05, 0) is 74.9 Å². The maximum absolute atomic E-state index is 5.89. The lowest BCUT2D eigenvalue weighted by Gasteiger charge is -2.15. The number of hydrogen-bond acceptors (Lipinski definition) is 2. The average molecular weight is 379 g/mol. The molecule has 1 atom stereocenters. The Morgan fingerprint density at radius 1 is 1.28 bits per heavy atom. The highest BCUT2D eigenvalue weighted by molar-refractivity contribution is 9.11. The van der Waals surface area contributed by atoms with Crippen molar-refractivity contribution in [1.29, 1.82) is 0 Å². The number of rotatable bonds is 7. The summed E-state index contributed by atoms with van der Waals surface area (Å²) < 4.78 is 7.87. The minimum Gasteiger partial charge on any atom is -0.491 e. The van der Waals surface area contributed by atoms with Crippen molar-refractivity contribution in [3.8, 4) is 5.75 Å². The summed E-state index contributed by atoms with van der Waals surface area (Å²) in [6.45, 7) is 5.83. The highest BCUT2D eigenvalue weighted by atomic mass is 79.9. The van der Waals surface area contributed by atoms with E-state index in [4.69, 9.17) is 10.5 Å². The molecule has 0 saturated carbocycles. The van der Waals surface area contributed by atoms with Gasteiger partial charge >= 0.3 is 0 Å². The smallest absolute Gasteiger partial charge is 0.147 e. The quantitative estimate of drug-likeness (QED) is 0.756. The Morgan fingerprint density at radius 2 is 1.89 bits per heavy atom. The fraction of sp³-hybridized carbons (Fsp3) is 0.571. The van der Waals surface area contributed by atoms with E-state index in [9.17, 15) is 0 Å². The van der Waals surface area contributed by atoms with Gasteiger partial charge in [0.05, 0.1) is 15.6 Å². The van der Waals surface area contributed by atoms with Crippen molar-refractivity contribution in [2.75, 3.05) is 13.2 Å².